The van der Waals surface area contributed by atoms with E-state index < -0.39 is 17.9 Å². The lowest BCUT2D eigenvalue weighted by Crippen LogP contribution is -2.46. The van der Waals surface area contributed by atoms with Gasteiger partial charge in [-0.2, -0.15) is 0 Å². The molecule has 1 aromatic rings. The van der Waals surface area contributed by atoms with Crippen LogP contribution in [0.2, 0.25) is 0 Å². The molecule has 2 rings (SSSR count). The first kappa shape index (κ1) is 20.7. The predicted octanol–water partition coefficient (Wildman–Crippen LogP) is 2.58. The van der Waals surface area contributed by atoms with Crippen LogP contribution in [0.5, 0.6) is 0 Å². The van der Waals surface area contributed by atoms with Gasteiger partial charge in [-0.05, 0) is 50.2 Å². The Hall–Kier alpha value is -2.57. The zero-order chi connectivity index (χ0) is 19.6. The minimum Gasteiger partial charge on any atom is -0.459 e. The molecular formula is C20H28N2O5. The number of ether oxygens (including phenoxy) is 1. The molecule has 1 unspecified atom stereocenters. The highest BCUT2D eigenvalue weighted by atomic mass is 16.5. The van der Waals surface area contributed by atoms with Crippen LogP contribution < -0.4 is 10.6 Å². The normalized spacial score (nSPS) is 15.0. The van der Waals surface area contributed by atoms with Gasteiger partial charge in [-0.25, -0.2) is 4.79 Å². The van der Waals surface area contributed by atoms with Gasteiger partial charge in [0.2, 0.25) is 0 Å². The Bertz CT molecular complexity index is 664. The topological polar surface area (TPSA) is 97.6 Å². The van der Waals surface area contributed by atoms with Crippen molar-refractivity contribution in [2.24, 2.45) is 5.92 Å². The lowest BCUT2D eigenvalue weighted by molar-refractivity contribution is -0.151. The van der Waals surface area contributed by atoms with E-state index in [1.165, 1.54) is 30.7 Å². The van der Waals surface area contributed by atoms with E-state index in [4.69, 9.17) is 9.15 Å². The summed E-state index contributed by atoms with van der Waals surface area (Å²) in [6.45, 7) is 3.74. The molecule has 0 saturated heterocycles. The van der Waals surface area contributed by atoms with Crippen LogP contribution in [0.15, 0.2) is 34.5 Å². The van der Waals surface area contributed by atoms with Gasteiger partial charge in [0.1, 0.15) is 6.04 Å². The Balaban J connectivity index is 1.73. The molecule has 0 fully saturated rings. The van der Waals surface area contributed by atoms with E-state index in [0.29, 0.717) is 6.54 Å². The first-order valence-corrected chi connectivity index (χ1v) is 9.43. The molecule has 7 nitrogen and oxygen atoms in total. The third kappa shape index (κ3) is 6.92. The molecule has 2 amide bonds. The molecule has 1 aliphatic rings. The molecule has 7 heteroatoms. The molecule has 0 radical (unpaired) electrons. The van der Waals surface area contributed by atoms with Crippen molar-refractivity contribution < 1.29 is 23.5 Å². The molecule has 0 aromatic carbocycles. The molecular weight excluding hydrogens is 348 g/mol. The van der Waals surface area contributed by atoms with Gasteiger partial charge in [-0.15, -0.1) is 0 Å². The third-order valence-corrected chi connectivity index (χ3v) is 4.45. The summed E-state index contributed by atoms with van der Waals surface area (Å²) in [6.07, 6.45) is 9.10. The second-order valence-corrected chi connectivity index (χ2v) is 6.99. The molecule has 1 heterocycles. The summed E-state index contributed by atoms with van der Waals surface area (Å²) >= 11 is 0. The van der Waals surface area contributed by atoms with Crippen molar-refractivity contribution in [2.45, 2.75) is 52.0 Å². The number of esters is 1. The molecule has 0 aliphatic heterocycles. The number of nitrogens with one attached hydrogen (secondary N) is 2. The first-order valence-electron chi connectivity index (χ1n) is 9.43. The molecule has 0 saturated carbocycles. The second kappa shape index (κ2) is 10.5. The molecule has 1 aromatic heterocycles. The van der Waals surface area contributed by atoms with Crippen LogP contribution in [-0.2, 0) is 14.3 Å². The highest BCUT2D eigenvalue weighted by Gasteiger charge is 2.27. The van der Waals surface area contributed by atoms with Gasteiger partial charge in [0, 0.05) is 6.54 Å². The van der Waals surface area contributed by atoms with Crippen LogP contribution >= 0.6 is 0 Å². The number of allylic oxidation sites excluding steroid dienone is 1. The monoisotopic (exact) mass is 376 g/mol. The Morgan fingerprint density at radius 1 is 1.26 bits per heavy atom. The lowest BCUT2D eigenvalue weighted by Gasteiger charge is -2.20. The van der Waals surface area contributed by atoms with Crippen molar-refractivity contribution in [3.63, 3.8) is 0 Å². The lowest BCUT2D eigenvalue weighted by atomic mass is 9.97. The Morgan fingerprint density at radius 2 is 2.07 bits per heavy atom. The van der Waals surface area contributed by atoms with E-state index in [1.54, 1.807) is 19.9 Å². The van der Waals surface area contributed by atoms with Crippen molar-refractivity contribution in [3.05, 3.63) is 35.8 Å². The number of hydrogen-bond donors (Lipinski definition) is 2. The highest BCUT2D eigenvalue weighted by molar-refractivity contribution is 5.94. The smallest absolute Gasteiger partial charge is 0.329 e. The summed E-state index contributed by atoms with van der Waals surface area (Å²) < 4.78 is 10.1. The van der Waals surface area contributed by atoms with Gasteiger partial charge in [0.15, 0.2) is 12.4 Å². The van der Waals surface area contributed by atoms with E-state index in [9.17, 15) is 14.4 Å². The number of carbonyl (C=O) groups is 3. The highest BCUT2D eigenvalue weighted by Crippen LogP contribution is 2.19. The van der Waals surface area contributed by atoms with Crippen LogP contribution in [0.3, 0.4) is 0 Å². The molecule has 1 aliphatic carbocycles. The fourth-order valence-electron chi connectivity index (χ4n) is 2.89. The fourth-order valence-corrected chi connectivity index (χ4v) is 2.89. The number of furan rings is 1. The van der Waals surface area contributed by atoms with Crippen LogP contribution in [0.4, 0.5) is 0 Å². The number of carbonyl (C=O) groups excluding carboxylic acids is 3. The number of rotatable bonds is 9. The van der Waals surface area contributed by atoms with Gasteiger partial charge in [0.25, 0.3) is 11.8 Å². The molecule has 1 atom stereocenters. The Kier molecular flexibility index (Phi) is 8.10. The first-order chi connectivity index (χ1) is 13.0. The zero-order valence-corrected chi connectivity index (χ0v) is 16.0. The fraction of sp³-hybridized carbons (Fsp3) is 0.550. The third-order valence-electron chi connectivity index (χ3n) is 4.45. The average molecular weight is 376 g/mol. The summed E-state index contributed by atoms with van der Waals surface area (Å²) in [5.74, 6) is -1.57. The van der Waals surface area contributed by atoms with Gasteiger partial charge >= 0.3 is 5.97 Å². The van der Waals surface area contributed by atoms with Crippen LogP contribution in [0.1, 0.15) is 56.5 Å². The quantitative estimate of drug-likeness (QED) is 0.510. The van der Waals surface area contributed by atoms with Crippen LogP contribution in [0.25, 0.3) is 0 Å². The molecule has 148 valence electrons. The van der Waals surface area contributed by atoms with E-state index >= 15 is 0 Å². The number of amides is 2. The Morgan fingerprint density at radius 3 is 2.70 bits per heavy atom. The summed E-state index contributed by atoms with van der Waals surface area (Å²) in [6, 6.07) is 2.24. The zero-order valence-electron chi connectivity index (χ0n) is 16.0. The van der Waals surface area contributed by atoms with Gasteiger partial charge in [-0.3, -0.25) is 9.59 Å². The average Bonchev–Trinajstić information content (AvgIpc) is 3.19. The maximum absolute atomic E-state index is 12.3. The summed E-state index contributed by atoms with van der Waals surface area (Å²) in [5.41, 5.74) is 1.37. The van der Waals surface area contributed by atoms with E-state index in [-0.39, 0.29) is 24.2 Å². The summed E-state index contributed by atoms with van der Waals surface area (Å²) in [4.78, 5) is 36.2. The minimum atomic E-state index is -0.859. The Labute approximate surface area is 159 Å². The molecule has 0 spiro atoms. The summed E-state index contributed by atoms with van der Waals surface area (Å²) in [7, 11) is 0. The standard InChI is InChI=1S/C20H28N2O5/c1-14(2)18(22-19(24)16-9-6-12-26-16)20(25)27-13-17(23)21-11-10-15-7-4-3-5-8-15/h6-7,9,12,14,18H,3-5,8,10-11,13H2,1-2H3,(H,21,23)(H,22,24). The van der Waals surface area contributed by atoms with Crippen molar-refractivity contribution in [1.82, 2.24) is 10.6 Å². The molecule has 2 N–H and O–H groups in total. The maximum atomic E-state index is 12.3. The predicted molar refractivity (Wildman–Crippen MR) is 99.9 cm³/mol. The summed E-state index contributed by atoms with van der Waals surface area (Å²) in [5, 5.41) is 5.34. The van der Waals surface area contributed by atoms with Crippen molar-refractivity contribution >= 4 is 17.8 Å². The van der Waals surface area contributed by atoms with Crippen molar-refractivity contribution in [3.8, 4) is 0 Å². The van der Waals surface area contributed by atoms with Crippen molar-refractivity contribution in [1.29, 1.82) is 0 Å². The molecule has 27 heavy (non-hydrogen) atoms. The van der Waals surface area contributed by atoms with Gasteiger partial charge in [0.05, 0.1) is 6.26 Å². The SMILES string of the molecule is CC(C)C(NC(=O)c1ccco1)C(=O)OCC(=O)NCCC1=CCCCC1. The minimum absolute atomic E-state index is 0.114. The largest absolute Gasteiger partial charge is 0.459 e. The van der Waals surface area contributed by atoms with Gasteiger partial charge < -0.3 is 19.8 Å². The maximum Gasteiger partial charge on any atom is 0.329 e. The van der Waals surface area contributed by atoms with E-state index in [1.807, 2.05) is 0 Å². The van der Waals surface area contributed by atoms with Crippen molar-refractivity contribution in [2.75, 3.05) is 13.2 Å². The van der Waals surface area contributed by atoms with Crippen LogP contribution in [0, 0.1) is 5.92 Å². The number of hydrogen-bond acceptors (Lipinski definition) is 5. The second-order valence-electron chi connectivity index (χ2n) is 6.99. The van der Waals surface area contributed by atoms with Gasteiger partial charge in [-0.1, -0.05) is 25.5 Å². The molecule has 0 bridgehead atoms. The van der Waals surface area contributed by atoms with Crippen LogP contribution in [-0.4, -0.2) is 37.0 Å². The van der Waals surface area contributed by atoms with E-state index in [2.05, 4.69) is 16.7 Å². The van der Waals surface area contributed by atoms with E-state index in [0.717, 1.165) is 19.3 Å².